The van der Waals surface area contributed by atoms with Crippen molar-refractivity contribution in [3.05, 3.63) is 41.3 Å². The van der Waals surface area contributed by atoms with E-state index < -0.39 is 21.9 Å². The minimum Gasteiger partial charge on any atom is -0.337 e. The standard InChI is InChI=1S/C15H16ClFN6O3S/c1-8(2)5-12(15-20-14(22-26-15)13-18-7-19-21-13)23-27(24,25)9-3-4-11(17)10(16)6-9/h3-4,6-8,12,23H,5H2,1-2H3,(H,18,19,21). The fourth-order valence-corrected chi connectivity index (χ4v) is 3.83. The maximum absolute atomic E-state index is 13.3. The van der Waals surface area contributed by atoms with Gasteiger partial charge in [-0.15, -0.1) is 0 Å². The molecule has 1 unspecified atom stereocenters. The zero-order valence-electron chi connectivity index (χ0n) is 14.3. The molecule has 0 radical (unpaired) electrons. The number of halogens is 2. The molecule has 0 fully saturated rings. The summed E-state index contributed by atoms with van der Waals surface area (Å²) < 4.78 is 46.4. The molecule has 144 valence electrons. The van der Waals surface area contributed by atoms with Crippen molar-refractivity contribution in [3.63, 3.8) is 0 Å². The lowest BCUT2D eigenvalue weighted by atomic mass is 10.0. The van der Waals surface area contributed by atoms with E-state index in [2.05, 4.69) is 30.0 Å². The van der Waals surface area contributed by atoms with E-state index in [0.717, 1.165) is 18.2 Å². The number of rotatable bonds is 7. The lowest BCUT2D eigenvalue weighted by Gasteiger charge is -2.17. The van der Waals surface area contributed by atoms with E-state index in [-0.39, 0.29) is 27.6 Å². The quantitative estimate of drug-likeness (QED) is 0.608. The lowest BCUT2D eigenvalue weighted by molar-refractivity contribution is 0.323. The van der Waals surface area contributed by atoms with Crippen LogP contribution in [0.2, 0.25) is 5.02 Å². The molecule has 3 rings (SSSR count). The number of hydrogen-bond acceptors (Lipinski definition) is 7. The summed E-state index contributed by atoms with van der Waals surface area (Å²) in [6.07, 6.45) is 1.68. The van der Waals surface area contributed by atoms with E-state index in [1.54, 1.807) is 0 Å². The molecular weight excluding hydrogens is 399 g/mol. The highest BCUT2D eigenvalue weighted by atomic mass is 35.5. The van der Waals surface area contributed by atoms with Gasteiger partial charge in [0, 0.05) is 0 Å². The van der Waals surface area contributed by atoms with E-state index in [1.165, 1.54) is 6.33 Å². The van der Waals surface area contributed by atoms with Gasteiger partial charge in [0.25, 0.3) is 0 Å². The Morgan fingerprint density at radius 2 is 2.15 bits per heavy atom. The molecule has 0 aliphatic heterocycles. The zero-order valence-corrected chi connectivity index (χ0v) is 15.9. The van der Waals surface area contributed by atoms with Crippen LogP contribution in [-0.2, 0) is 10.0 Å². The summed E-state index contributed by atoms with van der Waals surface area (Å²) in [6.45, 7) is 3.84. The van der Waals surface area contributed by atoms with Crippen molar-refractivity contribution in [1.29, 1.82) is 0 Å². The normalized spacial score (nSPS) is 13.2. The van der Waals surface area contributed by atoms with E-state index in [0.29, 0.717) is 12.2 Å². The van der Waals surface area contributed by atoms with Crippen molar-refractivity contribution >= 4 is 21.6 Å². The fourth-order valence-electron chi connectivity index (χ4n) is 2.36. The number of nitrogens with one attached hydrogen (secondary N) is 2. The highest BCUT2D eigenvalue weighted by Crippen LogP contribution is 2.26. The summed E-state index contributed by atoms with van der Waals surface area (Å²) in [5, 5.41) is 9.80. The molecule has 2 aromatic heterocycles. The van der Waals surface area contributed by atoms with E-state index in [4.69, 9.17) is 16.1 Å². The SMILES string of the molecule is CC(C)CC(NS(=O)(=O)c1ccc(F)c(Cl)c1)c1nc(-c2ncn[nH]2)no1. The van der Waals surface area contributed by atoms with Crippen molar-refractivity contribution < 1.29 is 17.3 Å². The van der Waals surface area contributed by atoms with Crippen molar-refractivity contribution in [2.45, 2.75) is 31.2 Å². The molecule has 12 heteroatoms. The third-order valence-corrected chi connectivity index (χ3v) is 5.33. The number of aromatic amines is 1. The van der Waals surface area contributed by atoms with Gasteiger partial charge in [-0.3, -0.25) is 5.10 Å². The smallest absolute Gasteiger partial charge is 0.245 e. The van der Waals surface area contributed by atoms with Crippen LogP contribution in [-0.4, -0.2) is 33.7 Å². The Labute approximate surface area is 159 Å². The molecule has 2 N–H and O–H groups in total. The van der Waals surface area contributed by atoms with Gasteiger partial charge in [-0.1, -0.05) is 30.6 Å². The minimum atomic E-state index is -4.00. The zero-order chi connectivity index (χ0) is 19.6. The molecule has 9 nitrogen and oxygen atoms in total. The monoisotopic (exact) mass is 414 g/mol. The van der Waals surface area contributed by atoms with Gasteiger partial charge in [0.05, 0.1) is 9.92 Å². The summed E-state index contributed by atoms with van der Waals surface area (Å²) in [6, 6.07) is 2.37. The maximum atomic E-state index is 13.3. The summed E-state index contributed by atoms with van der Waals surface area (Å²) in [7, 11) is -4.00. The number of H-pyrrole nitrogens is 1. The average Bonchev–Trinajstić information content (AvgIpc) is 3.27. The first-order valence-electron chi connectivity index (χ1n) is 7.93. The van der Waals surface area contributed by atoms with Crippen molar-refractivity contribution in [3.8, 4) is 11.6 Å². The average molecular weight is 415 g/mol. The second-order valence-corrected chi connectivity index (χ2v) is 8.29. The summed E-state index contributed by atoms with van der Waals surface area (Å²) >= 11 is 5.69. The highest BCUT2D eigenvalue weighted by molar-refractivity contribution is 7.89. The molecule has 0 amide bonds. The van der Waals surface area contributed by atoms with Crippen molar-refractivity contribution in [1.82, 2.24) is 30.0 Å². The van der Waals surface area contributed by atoms with Crippen molar-refractivity contribution in [2.24, 2.45) is 5.92 Å². The van der Waals surface area contributed by atoms with Gasteiger partial charge in [-0.2, -0.15) is 14.8 Å². The Balaban J connectivity index is 1.90. The summed E-state index contributed by atoms with van der Waals surface area (Å²) in [4.78, 5) is 7.94. The first-order valence-corrected chi connectivity index (χ1v) is 9.79. The van der Waals surface area contributed by atoms with Gasteiger partial charge in [0.2, 0.25) is 21.7 Å². The molecule has 0 bridgehead atoms. The number of nitrogens with zero attached hydrogens (tertiary/aromatic N) is 4. The number of sulfonamides is 1. The second kappa shape index (κ2) is 7.71. The van der Waals surface area contributed by atoms with Gasteiger partial charge in [0.15, 0.2) is 5.82 Å². The third kappa shape index (κ3) is 4.49. The molecule has 1 aromatic carbocycles. The topological polar surface area (TPSA) is 127 Å². The van der Waals surface area contributed by atoms with Crippen LogP contribution in [0, 0.1) is 11.7 Å². The largest absolute Gasteiger partial charge is 0.337 e. The van der Waals surface area contributed by atoms with Crippen molar-refractivity contribution in [2.75, 3.05) is 0 Å². The highest BCUT2D eigenvalue weighted by Gasteiger charge is 2.28. The molecular formula is C15H16ClFN6O3S. The van der Waals surface area contributed by atoms with Crippen LogP contribution in [0.15, 0.2) is 33.9 Å². The number of benzene rings is 1. The summed E-state index contributed by atoms with van der Waals surface area (Å²) in [5.41, 5.74) is 0. The Morgan fingerprint density at radius 1 is 1.37 bits per heavy atom. The molecule has 0 saturated heterocycles. The van der Waals surface area contributed by atoms with Crippen LogP contribution in [0.25, 0.3) is 11.6 Å². The van der Waals surface area contributed by atoms with E-state index in [1.807, 2.05) is 13.8 Å². The van der Waals surface area contributed by atoms with Crippen LogP contribution >= 0.6 is 11.6 Å². The third-order valence-electron chi connectivity index (χ3n) is 3.57. The lowest BCUT2D eigenvalue weighted by Crippen LogP contribution is -2.30. The predicted octanol–water partition coefficient (Wildman–Crippen LogP) is 2.71. The molecule has 2 heterocycles. The number of hydrogen-bond donors (Lipinski definition) is 2. The van der Waals surface area contributed by atoms with Gasteiger partial charge in [-0.05, 0) is 30.5 Å². The van der Waals surface area contributed by atoms with Crippen LogP contribution in [0.4, 0.5) is 4.39 Å². The Bertz CT molecular complexity index is 1020. The number of aromatic nitrogens is 5. The Kier molecular flexibility index (Phi) is 5.53. The van der Waals surface area contributed by atoms with Crippen LogP contribution in [0.5, 0.6) is 0 Å². The maximum Gasteiger partial charge on any atom is 0.245 e. The molecule has 0 spiro atoms. The molecule has 27 heavy (non-hydrogen) atoms. The van der Waals surface area contributed by atoms with Gasteiger partial charge in [0.1, 0.15) is 18.2 Å². The first kappa shape index (κ1) is 19.4. The van der Waals surface area contributed by atoms with Gasteiger partial charge in [-0.25, -0.2) is 17.8 Å². The van der Waals surface area contributed by atoms with E-state index >= 15 is 0 Å². The summed E-state index contributed by atoms with van der Waals surface area (Å²) in [5.74, 6) is -0.0632. The van der Waals surface area contributed by atoms with E-state index in [9.17, 15) is 12.8 Å². The Morgan fingerprint density at radius 3 is 2.78 bits per heavy atom. The van der Waals surface area contributed by atoms with Gasteiger partial charge >= 0.3 is 0 Å². The molecule has 1 atom stereocenters. The van der Waals surface area contributed by atoms with Crippen LogP contribution in [0.3, 0.4) is 0 Å². The second-order valence-electron chi connectivity index (χ2n) is 6.17. The first-order chi connectivity index (χ1) is 12.8. The molecule has 0 saturated carbocycles. The fraction of sp³-hybridized carbons (Fsp3) is 0.333. The van der Waals surface area contributed by atoms with Crippen LogP contribution in [0.1, 0.15) is 32.2 Å². The molecule has 0 aliphatic carbocycles. The predicted molar refractivity (Wildman–Crippen MR) is 93.6 cm³/mol. The minimum absolute atomic E-state index is 0.0758. The molecule has 0 aliphatic rings. The molecule has 3 aromatic rings. The Hall–Kier alpha value is -2.37. The van der Waals surface area contributed by atoms with Crippen LogP contribution < -0.4 is 4.72 Å². The van der Waals surface area contributed by atoms with Gasteiger partial charge < -0.3 is 4.52 Å².